The van der Waals surface area contributed by atoms with Crippen molar-refractivity contribution >= 4 is 46.8 Å². The minimum absolute atomic E-state index is 0.114. The van der Waals surface area contributed by atoms with Crippen molar-refractivity contribution in [2.75, 3.05) is 44.7 Å². The molecule has 5 heterocycles. The third-order valence-corrected chi connectivity index (χ3v) is 15.9. The van der Waals surface area contributed by atoms with E-state index in [4.69, 9.17) is 25.3 Å². The van der Waals surface area contributed by atoms with Gasteiger partial charge in [0.15, 0.2) is 23.0 Å². The van der Waals surface area contributed by atoms with Gasteiger partial charge >= 0.3 is 6.03 Å². The number of piperidine rings is 2. The Bertz CT molecular complexity index is 3130. The number of allylic oxidation sites excluding steroid dienone is 2. The first-order valence-electron chi connectivity index (χ1n) is 25.5. The SMILES string of the molecule is COc1ccc(C(N)=O)c(-c2c(C)c(F)cc3c2[C@H](C)[C@@](/C=C\NC2=CC[C@@H](C(=O)N4CCC(N=CN5CCC(c6cccc7c(N8CCC(=O)NC8=O)nn(C)c67)CC5)[C@H](C)C4)CC2)(c2c#cccc2)O3)c1F. The number of hydrogen-bond donors (Lipinski definition) is 3. The zero-order chi connectivity index (χ0) is 52.0. The lowest BCUT2D eigenvalue weighted by molar-refractivity contribution is -0.137. The molecule has 3 saturated heterocycles. The van der Waals surface area contributed by atoms with Crippen LogP contribution in [-0.2, 0) is 22.2 Å². The average Bonchev–Trinajstić information content (AvgIpc) is 3.89. The van der Waals surface area contributed by atoms with E-state index >= 15 is 8.78 Å². The zero-order valence-corrected chi connectivity index (χ0v) is 42.3. The van der Waals surface area contributed by atoms with Crippen LogP contribution in [0.3, 0.4) is 0 Å². The van der Waals surface area contributed by atoms with Crippen LogP contribution in [0.4, 0.5) is 19.4 Å². The van der Waals surface area contributed by atoms with Gasteiger partial charge in [-0.1, -0.05) is 50.3 Å². The maximum absolute atomic E-state index is 16.3. The van der Waals surface area contributed by atoms with Crippen LogP contribution in [0.5, 0.6) is 11.5 Å². The predicted molar refractivity (Wildman–Crippen MR) is 277 cm³/mol. The summed E-state index contributed by atoms with van der Waals surface area (Å²) >= 11 is 0. The first-order valence-corrected chi connectivity index (χ1v) is 25.5. The number of aliphatic imine (C=N–C) groups is 1. The fourth-order valence-corrected chi connectivity index (χ4v) is 11.8. The molecule has 4 N–H and O–H groups in total. The highest BCUT2D eigenvalue weighted by Gasteiger charge is 2.49. The molecule has 5 aromatic rings. The molecule has 3 fully saturated rings. The largest absolute Gasteiger partial charge is 0.494 e. The fourth-order valence-electron chi connectivity index (χ4n) is 11.8. The van der Waals surface area contributed by atoms with E-state index in [0.29, 0.717) is 61.8 Å². The number of anilines is 1. The molecule has 0 radical (unpaired) electrons. The number of aromatic nitrogens is 2. The lowest BCUT2D eigenvalue weighted by atomic mass is 9.77. The monoisotopic (exact) mass is 1010 g/mol. The molecule has 5 amide bonds. The Labute approximate surface area is 429 Å². The molecule has 5 atom stereocenters. The maximum Gasteiger partial charge on any atom is 0.329 e. The van der Waals surface area contributed by atoms with Gasteiger partial charge in [-0.25, -0.2) is 13.6 Å². The van der Waals surface area contributed by atoms with Crippen LogP contribution in [0.15, 0.2) is 83.6 Å². The summed E-state index contributed by atoms with van der Waals surface area (Å²) in [6, 6.07) is 21.4. The van der Waals surface area contributed by atoms with Crippen molar-refractivity contribution < 1.29 is 37.4 Å². The maximum atomic E-state index is 16.3. The number of likely N-dealkylation sites (tertiary alicyclic amines) is 2. The standard InChI is InChI=1S/C57H61F2N9O6/c1-33-31-67(28-22-44(33)62-32-66-26-20-36(21-27-66)40-12-9-13-42-52(40)65(4)64-54(42)68-29-23-47(69)63-56(68)72)55(71)37-14-16-39(17-15-37)61-25-24-57(38-10-7-6-8-11-38)35(3)49-46(74-57)30-43(58)34(2)48(49)50-41(53(60)70)18-19-45(73-5)51(50)59/h6-7,9-10,12-13,16,18-19,24-25,30,32-33,35-37,44,61H,14-15,17,20-23,26-29,31H2,1-5H3,(H2,60,70)(H,63,69,72)/b25-24-,62-32?/t33-,35+,37-,44?,57+/m1/s1. The number of carbonyl (C=O) groups excluding carboxylic acids is 4. The topological polar surface area (TPSA) is 177 Å². The number of amides is 5. The molecule has 0 saturated carbocycles. The van der Waals surface area contributed by atoms with Gasteiger partial charge in [0.2, 0.25) is 17.7 Å². The van der Waals surface area contributed by atoms with E-state index in [2.05, 4.69) is 46.7 Å². The van der Waals surface area contributed by atoms with Crippen LogP contribution >= 0.6 is 0 Å². The summed E-state index contributed by atoms with van der Waals surface area (Å²) < 4.78 is 46.0. The van der Waals surface area contributed by atoms with E-state index in [9.17, 15) is 19.2 Å². The van der Waals surface area contributed by atoms with Gasteiger partial charge in [0, 0.05) is 92.5 Å². The van der Waals surface area contributed by atoms with E-state index in [1.54, 1.807) is 17.2 Å². The van der Waals surface area contributed by atoms with Crippen LogP contribution in [0.2, 0.25) is 0 Å². The lowest BCUT2D eigenvalue weighted by Crippen LogP contribution is -2.49. The molecule has 10 rings (SSSR count). The molecule has 74 heavy (non-hydrogen) atoms. The Balaban J connectivity index is 0.755. The molecule has 15 nitrogen and oxygen atoms in total. The Morgan fingerprint density at radius 3 is 2.54 bits per heavy atom. The van der Waals surface area contributed by atoms with Crippen molar-refractivity contribution in [1.82, 2.24) is 30.2 Å². The molecular formula is C57H61F2N9O6. The number of halogens is 2. The third-order valence-electron chi connectivity index (χ3n) is 15.9. The van der Waals surface area contributed by atoms with Gasteiger partial charge in [0.1, 0.15) is 11.6 Å². The van der Waals surface area contributed by atoms with Gasteiger partial charge in [-0.05, 0) is 110 Å². The molecule has 5 aliphatic rings. The highest BCUT2D eigenvalue weighted by atomic mass is 19.1. The van der Waals surface area contributed by atoms with Crippen molar-refractivity contribution in [3.63, 3.8) is 0 Å². The number of carbonyl (C=O) groups is 4. The summed E-state index contributed by atoms with van der Waals surface area (Å²) in [6.07, 6.45) is 12.6. The minimum atomic E-state index is -1.24. The summed E-state index contributed by atoms with van der Waals surface area (Å²) in [5.41, 5.74) is 8.84. The molecule has 4 aliphatic heterocycles. The summed E-state index contributed by atoms with van der Waals surface area (Å²) in [7, 11) is 3.22. The Morgan fingerprint density at radius 2 is 1.84 bits per heavy atom. The summed E-state index contributed by atoms with van der Waals surface area (Å²) in [6.45, 7) is 8.95. The first kappa shape index (κ1) is 49.8. The van der Waals surface area contributed by atoms with E-state index in [1.165, 1.54) is 37.8 Å². The molecule has 384 valence electrons. The number of fused-ring (bicyclic) bond motifs is 2. The normalized spacial score (nSPS) is 23.4. The van der Waals surface area contributed by atoms with E-state index in [0.717, 1.165) is 49.0 Å². The van der Waals surface area contributed by atoms with E-state index in [1.807, 2.05) is 60.2 Å². The van der Waals surface area contributed by atoms with Crippen LogP contribution in [0, 0.1) is 42.5 Å². The van der Waals surface area contributed by atoms with Crippen LogP contribution < -0.4 is 30.7 Å². The predicted octanol–water partition coefficient (Wildman–Crippen LogP) is 8.30. The second kappa shape index (κ2) is 20.3. The van der Waals surface area contributed by atoms with Crippen molar-refractivity contribution in [3.8, 4) is 22.6 Å². The molecule has 1 unspecified atom stereocenters. The van der Waals surface area contributed by atoms with Gasteiger partial charge in [0.05, 0.1) is 36.1 Å². The summed E-state index contributed by atoms with van der Waals surface area (Å²) in [5, 5.41) is 11.5. The number of hydrogen-bond acceptors (Lipinski definition) is 9. The number of rotatable bonds is 12. The Morgan fingerprint density at radius 1 is 1.03 bits per heavy atom. The Hall–Kier alpha value is -7.74. The minimum Gasteiger partial charge on any atom is -0.494 e. The fraction of sp³-hybridized carbons (Fsp3) is 0.404. The smallest absolute Gasteiger partial charge is 0.329 e. The Kier molecular flexibility index (Phi) is 13.7. The van der Waals surface area contributed by atoms with Crippen LogP contribution in [0.1, 0.15) is 103 Å². The number of aryl methyl sites for hydroxylation is 1. The highest BCUT2D eigenvalue weighted by Crippen LogP contribution is 2.56. The highest BCUT2D eigenvalue weighted by molar-refractivity contribution is 6.09. The number of methoxy groups -OCH3 is 1. The average molecular weight is 1010 g/mol. The molecule has 4 aromatic carbocycles. The number of para-hydroxylation sites is 1. The van der Waals surface area contributed by atoms with Crippen molar-refractivity contribution in [2.45, 2.75) is 89.2 Å². The molecule has 1 aliphatic carbocycles. The number of nitrogens with one attached hydrogen (secondary N) is 2. The molecule has 1 aromatic heterocycles. The van der Waals surface area contributed by atoms with E-state index < -0.39 is 35.1 Å². The number of nitrogens with zero attached hydrogens (tertiary/aromatic N) is 6. The van der Waals surface area contributed by atoms with Gasteiger partial charge in [0.25, 0.3) is 0 Å². The van der Waals surface area contributed by atoms with Crippen molar-refractivity contribution in [1.29, 1.82) is 0 Å². The number of ether oxygens (including phenoxy) is 2. The number of primary amides is 1. The van der Waals surface area contributed by atoms with E-state index in [-0.39, 0.29) is 69.9 Å². The zero-order valence-electron chi connectivity index (χ0n) is 42.3. The second-order valence-electron chi connectivity index (χ2n) is 20.3. The molecular weight excluding hydrogens is 945 g/mol. The summed E-state index contributed by atoms with van der Waals surface area (Å²) in [4.78, 5) is 62.1. The molecule has 0 bridgehead atoms. The van der Waals surface area contributed by atoms with Crippen LogP contribution in [0.25, 0.3) is 22.0 Å². The first-order chi connectivity index (χ1) is 35.7. The molecule has 0 spiro atoms. The third kappa shape index (κ3) is 9.08. The van der Waals surface area contributed by atoms with Gasteiger partial charge in [-0.15, -0.1) is 0 Å². The summed E-state index contributed by atoms with van der Waals surface area (Å²) in [5.74, 6) is -1.97. The van der Waals surface area contributed by atoms with Gasteiger partial charge in [-0.2, -0.15) is 5.10 Å². The van der Waals surface area contributed by atoms with Crippen molar-refractivity contribution in [3.05, 3.63) is 130 Å². The number of nitrogens with two attached hydrogens (primary N) is 1. The number of imide groups is 1. The number of urea groups is 1. The van der Waals surface area contributed by atoms with Crippen LogP contribution in [-0.4, -0.2) is 95.5 Å². The van der Waals surface area contributed by atoms with Crippen molar-refractivity contribution in [2.24, 2.45) is 29.6 Å². The van der Waals surface area contributed by atoms with Gasteiger partial charge < -0.3 is 30.3 Å². The van der Waals surface area contributed by atoms with Gasteiger partial charge in [-0.3, -0.25) is 34.3 Å². The second-order valence-corrected chi connectivity index (χ2v) is 20.3. The number of benzene rings is 3. The molecule has 17 heteroatoms. The quantitative estimate of drug-likeness (QED) is 0.0820. The lowest BCUT2D eigenvalue weighted by Gasteiger charge is -2.38.